The topological polar surface area (TPSA) is 51.2 Å². The highest BCUT2D eigenvalue weighted by molar-refractivity contribution is 6.42. The van der Waals surface area contributed by atoms with Crippen molar-refractivity contribution in [3.8, 4) is 0 Å². The maximum absolute atomic E-state index is 6.23. The lowest BCUT2D eigenvalue weighted by atomic mass is 10.0. The molecule has 0 spiro atoms. The Morgan fingerprint density at radius 3 is 2.67 bits per heavy atom. The summed E-state index contributed by atoms with van der Waals surface area (Å²) in [5.41, 5.74) is 4.54. The third-order valence-corrected chi connectivity index (χ3v) is 4.30. The largest absolute Gasteiger partial charge is 0.459 e. The van der Waals surface area contributed by atoms with Gasteiger partial charge in [-0.25, -0.2) is 5.43 Å². The zero-order chi connectivity index (χ0) is 14.8. The second-order valence-corrected chi connectivity index (χ2v) is 5.61. The van der Waals surface area contributed by atoms with Gasteiger partial charge in [0.2, 0.25) is 0 Å². The average molecular weight is 321 g/mol. The molecule has 0 saturated carbocycles. The standard InChI is InChI=1S/C16H14Cl2N2O/c17-12-6-3-5-11(16(12)18)8-13(20-19)15-9-10-4-1-2-7-14(10)21-15/h1-7,9,13,20H,8,19H2. The van der Waals surface area contributed by atoms with Gasteiger partial charge in [0.25, 0.3) is 0 Å². The van der Waals surface area contributed by atoms with Crippen molar-refractivity contribution in [3.63, 3.8) is 0 Å². The predicted molar refractivity (Wildman–Crippen MR) is 86.4 cm³/mol. The van der Waals surface area contributed by atoms with Crippen molar-refractivity contribution in [2.45, 2.75) is 12.5 Å². The number of para-hydroxylation sites is 1. The minimum atomic E-state index is -0.173. The number of furan rings is 1. The van der Waals surface area contributed by atoms with Gasteiger partial charge in [0, 0.05) is 5.39 Å². The van der Waals surface area contributed by atoms with Crippen LogP contribution in [0.25, 0.3) is 11.0 Å². The highest BCUT2D eigenvalue weighted by Crippen LogP contribution is 2.31. The highest BCUT2D eigenvalue weighted by atomic mass is 35.5. The number of hydrogen-bond donors (Lipinski definition) is 2. The van der Waals surface area contributed by atoms with Crippen molar-refractivity contribution < 1.29 is 4.42 Å². The molecule has 3 rings (SSSR count). The Bertz CT molecular complexity index is 737. The van der Waals surface area contributed by atoms with E-state index in [0.717, 1.165) is 22.3 Å². The van der Waals surface area contributed by atoms with Crippen LogP contribution in [0.4, 0.5) is 0 Å². The first-order valence-corrected chi connectivity index (χ1v) is 7.32. The Morgan fingerprint density at radius 2 is 1.90 bits per heavy atom. The van der Waals surface area contributed by atoms with E-state index >= 15 is 0 Å². The molecule has 1 aromatic heterocycles. The Labute approximate surface area is 132 Å². The van der Waals surface area contributed by atoms with Gasteiger partial charge in [-0.2, -0.15) is 0 Å². The van der Waals surface area contributed by atoms with E-state index in [4.69, 9.17) is 33.5 Å². The van der Waals surface area contributed by atoms with Crippen LogP contribution in [0.1, 0.15) is 17.4 Å². The van der Waals surface area contributed by atoms with E-state index in [0.29, 0.717) is 16.5 Å². The first kappa shape index (κ1) is 14.4. The minimum Gasteiger partial charge on any atom is -0.459 e. The average Bonchev–Trinajstić information content (AvgIpc) is 2.92. The van der Waals surface area contributed by atoms with Gasteiger partial charge in [0.15, 0.2) is 0 Å². The Balaban J connectivity index is 1.93. The molecule has 3 aromatic rings. The summed E-state index contributed by atoms with van der Waals surface area (Å²) in [5.74, 6) is 6.45. The fraction of sp³-hybridized carbons (Fsp3) is 0.125. The van der Waals surface area contributed by atoms with Crippen molar-refractivity contribution in [2.75, 3.05) is 0 Å². The number of hydrogen-bond acceptors (Lipinski definition) is 3. The molecule has 2 aromatic carbocycles. The van der Waals surface area contributed by atoms with E-state index in [1.807, 2.05) is 42.5 Å². The number of fused-ring (bicyclic) bond motifs is 1. The first-order valence-electron chi connectivity index (χ1n) is 6.56. The molecule has 5 heteroatoms. The van der Waals surface area contributed by atoms with E-state index in [-0.39, 0.29) is 6.04 Å². The normalized spacial score (nSPS) is 12.7. The molecule has 0 bridgehead atoms. The van der Waals surface area contributed by atoms with Crippen molar-refractivity contribution in [3.05, 3.63) is 69.9 Å². The number of nitrogens with two attached hydrogens (primary N) is 1. The van der Waals surface area contributed by atoms with E-state index < -0.39 is 0 Å². The molecule has 3 nitrogen and oxygen atoms in total. The smallest absolute Gasteiger partial charge is 0.134 e. The summed E-state index contributed by atoms with van der Waals surface area (Å²) in [6.07, 6.45) is 0.593. The van der Waals surface area contributed by atoms with Crippen LogP contribution in [-0.4, -0.2) is 0 Å². The molecule has 21 heavy (non-hydrogen) atoms. The summed E-state index contributed by atoms with van der Waals surface area (Å²) in [4.78, 5) is 0. The molecule has 0 aliphatic rings. The monoisotopic (exact) mass is 320 g/mol. The Kier molecular flexibility index (Phi) is 4.17. The summed E-state index contributed by atoms with van der Waals surface area (Å²) in [6, 6.07) is 15.2. The lowest BCUT2D eigenvalue weighted by Gasteiger charge is -2.14. The zero-order valence-electron chi connectivity index (χ0n) is 11.1. The van der Waals surface area contributed by atoms with Crippen molar-refractivity contribution in [2.24, 2.45) is 5.84 Å². The lowest BCUT2D eigenvalue weighted by molar-refractivity contribution is 0.434. The van der Waals surface area contributed by atoms with Crippen LogP contribution in [0.15, 0.2) is 52.9 Å². The number of benzene rings is 2. The summed E-state index contributed by atoms with van der Waals surface area (Å²) in [5, 5.41) is 2.13. The van der Waals surface area contributed by atoms with Gasteiger partial charge >= 0.3 is 0 Å². The molecule has 1 atom stereocenters. The van der Waals surface area contributed by atoms with E-state index in [9.17, 15) is 0 Å². The lowest BCUT2D eigenvalue weighted by Crippen LogP contribution is -2.29. The fourth-order valence-corrected chi connectivity index (χ4v) is 2.74. The van der Waals surface area contributed by atoms with Gasteiger partial charge in [-0.3, -0.25) is 5.84 Å². The molecule has 1 unspecified atom stereocenters. The molecule has 0 aliphatic heterocycles. The maximum atomic E-state index is 6.23. The van der Waals surface area contributed by atoms with Crippen molar-refractivity contribution in [1.82, 2.24) is 5.43 Å². The van der Waals surface area contributed by atoms with Crippen LogP contribution in [0, 0.1) is 0 Å². The third kappa shape index (κ3) is 2.92. The minimum absolute atomic E-state index is 0.173. The van der Waals surface area contributed by atoms with Crippen LogP contribution >= 0.6 is 23.2 Å². The van der Waals surface area contributed by atoms with Crippen molar-refractivity contribution in [1.29, 1.82) is 0 Å². The number of hydrazine groups is 1. The van der Waals surface area contributed by atoms with Crippen LogP contribution < -0.4 is 11.3 Å². The van der Waals surface area contributed by atoms with E-state index in [2.05, 4.69) is 5.43 Å². The molecule has 0 saturated heterocycles. The predicted octanol–water partition coefficient (Wildman–Crippen LogP) is 4.49. The second-order valence-electron chi connectivity index (χ2n) is 4.82. The molecule has 0 radical (unpaired) electrons. The van der Waals surface area contributed by atoms with Crippen LogP contribution in [0.2, 0.25) is 10.0 Å². The SMILES string of the molecule is NNC(Cc1cccc(Cl)c1Cl)c1cc2ccccc2o1. The van der Waals surface area contributed by atoms with Crippen LogP contribution in [0.5, 0.6) is 0 Å². The quantitative estimate of drug-likeness (QED) is 0.550. The summed E-state index contributed by atoms with van der Waals surface area (Å²) < 4.78 is 5.84. The second kappa shape index (κ2) is 6.08. The van der Waals surface area contributed by atoms with Gasteiger partial charge in [0.05, 0.1) is 16.1 Å². The maximum Gasteiger partial charge on any atom is 0.134 e. The number of rotatable bonds is 4. The number of halogens is 2. The van der Waals surface area contributed by atoms with E-state index in [1.54, 1.807) is 6.07 Å². The molecule has 0 amide bonds. The van der Waals surface area contributed by atoms with Crippen molar-refractivity contribution >= 4 is 34.2 Å². The Morgan fingerprint density at radius 1 is 1.10 bits per heavy atom. The molecular weight excluding hydrogens is 307 g/mol. The molecule has 0 fully saturated rings. The molecule has 0 aliphatic carbocycles. The van der Waals surface area contributed by atoms with Gasteiger partial charge < -0.3 is 4.42 Å². The summed E-state index contributed by atoms with van der Waals surface area (Å²) in [6.45, 7) is 0. The van der Waals surface area contributed by atoms with Crippen LogP contribution in [-0.2, 0) is 6.42 Å². The van der Waals surface area contributed by atoms with Gasteiger partial charge in [0.1, 0.15) is 11.3 Å². The Hall–Kier alpha value is -1.52. The van der Waals surface area contributed by atoms with Gasteiger partial charge in [-0.05, 0) is 30.2 Å². The third-order valence-electron chi connectivity index (χ3n) is 3.44. The number of nitrogens with one attached hydrogen (secondary N) is 1. The van der Waals surface area contributed by atoms with Gasteiger partial charge in [-0.1, -0.05) is 53.5 Å². The molecule has 1 heterocycles. The first-order chi connectivity index (χ1) is 10.2. The molecule has 3 N–H and O–H groups in total. The summed E-state index contributed by atoms with van der Waals surface area (Å²) in [7, 11) is 0. The molecule has 108 valence electrons. The summed E-state index contributed by atoms with van der Waals surface area (Å²) >= 11 is 12.3. The fourth-order valence-electron chi connectivity index (χ4n) is 2.34. The van der Waals surface area contributed by atoms with Gasteiger partial charge in [-0.15, -0.1) is 0 Å². The van der Waals surface area contributed by atoms with E-state index in [1.165, 1.54) is 0 Å². The van der Waals surface area contributed by atoms with Crippen LogP contribution in [0.3, 0.4) is 0 Å². The zero-order valence-corrected chi connectivity index (χ0v) is 12.7. The highest BCUT2D eigenvalue weighted by Gasteiger charge is 2.17. The molecular formula is C16H14Cl2N2O.